The van der Waals surface area contributed by atoms with Crippen LogP contribution in [0.5, 0.6) is 0 Å². The molecule has 0 amide bonds. The van der Waals surface area contributed by atoms with E-state index in [1.165, 1.54) is 22.5 Å². The highest BCUT2D eigenvalue weighted by Crippen LogP contribution is 2.31. The zero-order valence-corrected chi connectivity index (χ0v) is 14.7. The molecule has 1 aromatic rings. The minimum Gasteiger partial charge on any atom is -0.316 e. The Bertz CT molecular complexity index is 360. The predicted molar refractivity (Wildman–Crippen MR) is 88.2 cm³/mol. The van der Waals surface area contributed by atoms with Crippen LogP contribution in [0.1, 0.15) is 24.8 Å². The summed E-state index contributed by atoms with van der Waals surface area (Å²) in [5.41, 5.74) is 1.46. The lowest BCUT2D eigenvalue weighted by Gasteiger charge is -2.26. The molecule has 18 heavy (non-hydrogen) atoms. The van der Waals surface area contributed by atoms with Crippen LogP contribution < -0.4 is 5.32 Å². The van der Waals surface area contributed by atoms with Crippen LogP contribution in [-0.4, -0.2) is 21.2 Å². The molecule has 1 rings (SSSR count). The third-order valence-corrected chi connectivity index (χ3v) is 5.46. The minimum atomic E-state index is -1.05. The number of rotatable bonds is 7. The van der Waals surface area contributed by atoms with Gasteiger partial charge in [-0.1, -0.05) is 60.7 Å². The quantitative estimate of drug-likeness (QED) is 0.556. The maximum atomic E-state index is 3.70. The topological polar surface area (TPSA) is 12.0 Å². The molecule has 0 bridgehead atoms. The zero-order valence-electron chi connectivity index (χ0n) is 12.1. The Labute approximate surface area is 122 Å². The van der Waals surface area contributed by atoms with E-state index in [-0.39, 0.29) is 0 Å². The van der Waals surface area contributed by atoms with Crippen LogP contribution in [0.4, 0.5) is 0 Å². The summed E-state index contributed by atoms with van der Waals surface area (Å²) in [4.78, 5) is 0. The average Bonchev–Trinajstić information content (AvgIpc) is 2.27. The van der Waals surface area contributed by atoms with E-state index >= 15 is 0 Å². The van der Waals surface area contributed by atoms with E-state index in [1.54, 1.807) is 0 Å². The van der Waals surface area contributed by atoms with Gasteiger partial charge in [0.2, 0.25) is 0 Å². The summed E-state index contributed by atoms with van der Waals surface area (Å²) in [6, 6.07) is 10.0. The van der Waals surface area contributed by atoms with Gasteiger partial charge in [-0.2, -0.15) is 0 Å². The molecular formula is C15H26BrNSi. The van der Waals surface area contributed by atoms with Crippen LogP contribution in [0.25, 0.3) is 0 Å². The summed E-state index contributed by atoms with van der Waals surface area (Å²) in [7, 11) is -1.05. The van der Waals surface area contributed by atoms with Gasteiger partial charge in [-0.15, -0.1) is 0 Å². The van der Waals surface area contributed by atoms with Gasteiger partial charge in [-0.05, 0) is 36.6 Å². The molecule has 0 radical (unpaired) electrons. The van der Waals surface area contributed by atoms with Gasteiger partial charge in [0.05, 0.1) is 0 Å². The van der Waals surface area contributed by atoms with E-state index in [0.29, 0.717) is 5.92 Å². The Morgan fingerprint density at radius 3 is 2.44 bits per heavy atom. The Morgan fingerprint density at radius 1 is 1.22 bits per heavy atom. The highest BCUT2D eigenvalue weighted by molar-refractivity contribution is 9.10. The van der Waals surface area contributed by atoms with Crippen LogP contribution in [0.3, 0.4) is 0 Å². The van der Waals surface area contributed by atoms with Crippen molar-refractivity contribution in [1.29, 1.82) is 0 Å². The van der Waals surface area contributed by atoms with Crippen LogP contribution >= 0.6 is 15.9 Å². The Morgan fingerprint density at radius 2 is 1.89 bits per heavy atom. The molecule has 0 spiro atoms. The van der Waals surface area contributed by atoms with Crippen molar-refractivity contribution in [2.24, 2.45) is 0 Å². The lowest BCUT2D eigenvalue weighted by Crippen LogP contribution is -2.29. The summed E-state index contributed by atoms with van der Waals surface area (Å²) in [5.74, 6) is 0.638. The molecule has 1 unspecified atom stereocenters. The van der Waals surface area contributed by atoms with Crippen molar-refractivity contribution in [3.05, 3.63) is 34.3 Å². The maximum absolute atomic E-state index is 3.70. The fourth-order valence-electron chi connectivity index (χ4n) is 2.29. The van der Waals surface area contributed by atoms with E-state index < -0.39 is 8.07 Å². The molecule has 1 aromatic carbocycles. The predicted octanol–water partition coefficient (Wildman–Crippen LogP) is 4.87. The first-order valence-electron chi connectivity index (χ1n) is 6.89. The fourth-order valence-corrected chi connectivity index (χ4v) is 4.74. The van der Waals surface area contributed by atoms with Gasteiger partial charge >= 0.3 is 0 Å². The lowest BCUT2D eigenvalue weighted by molar-refractivity contribution is 0.603. The molecule has 0 aliphatic carbocycles. The summed E-state index contributed by atoms with van der Waals surface area (Å²) in [6.07, 6.45) is 1.20. The molecule has 102 valence electrons. The molecule has 3 heteroatoms. The Kier molecular flexibility index (Phi) is 6.61. The van der Waals surface area contributed by atoms with E-state index in [1.807, 2.05) is 0 Å². The van der Waals surface area contributed by atoms with Crippen LogP contribution in [0.15, 0.2) is 28.7 Å². The van der Waals surface area contributed by atoms with Gasteiger partial charge in [0.15, 0.2) is 0 Å². The summed E-state index contributed by atoms with van der Waals surface area (Å²) >= 11 is 3.70. The monoisotopic (exact) mass is 327 g/mol. The number of nitrogens with one attached hydrogen (secondary N) is 1. The molecule has 0 aromatic heterocycles. The second-order valence-corrected chi connectivity index (χ2v) is 12.6. The zero-order chi connectivity index (χ0) is 13.6. The van der Waals surface area contributed by atoms with Gasteiger partial charge in [0.25, 0.3) is 0 Å². The third kappa shape index (κ3) is 5.68. The van der Waals surface area contributed by atoms with E-state index in [9.17, 15) is 0 Å². The van der Waals surface area contributed by atoms with E-state index in [0.717, 1.165) is 13.1 Å². The fraction of sp³-hybridized carbons (Fsp3) is 0.600. The Hall–Kier alpha value is -0.123. The lowest BCUT2D eigenvalue weighted by atomic mass is 10.0. The normalized spacial score (nSPS) is 13.6. The molecule has 0 fully saturated rings. The summed E-state index contributed by atoms with van der Waals surface area (Å²) in [6.45, 7) is 11.8. The first-order chi connectivity index (χ1) is 8.44. The molecule has 1 N–H and O–H groups in total. The smallest absolute Gasteiger partial charge is 0.0449 e. The number of hydrogen-bond acceptors (Lipinski definition) is 1. The third-order valence-electron chi connectivity index (χ3n) is 3.02. The van der Waals surface area contributed by atoms with Crippen molar-refractivity contribution in [1.82, 2.24) is 5.32 Å². The highest BCUT2D eigenvalue weighted by atomic mass is 79.9. The van der Waals surface area contributed by atoms with Gasteiger partial charge in [0.1, 0.15) is 0 Å². The Balaban J connectivity index is 2.80. The molecular weight excluding hydrogens is 302 g/mol. The molecule has 1 atom stereocenters. The molecule has 0 saturated carbocycles. The summed E-state index contributed by atoms with van der Waals surface area (Å²) < 4.78 is 1.26. The SMILES string of the molecule is CCCNCC(C[Si](C)(C)C)c1ccccc1Br. The maximum Gasteiger partial charge on any atom is 0.0449 e. The second kappa shape index (κ2) is 7.46. The minimum absolute atomic E-state index is 0.638. The van der Waals surface area contributed by atoms with Gasteiger partial charge in [-0.25, -0.2) is 0 Å². The van der Waals surface area contributed by atoms with E-state index in [4.69, 9.17) is 0 Å². The van der Waals surface area contributed by atoms with Crippen molar-refractivity contribution >= 4 is 24.0 Å². The highest BCUT2D eigenvalue weighted by Gasteiger charge is 2.22. The number of benzene rings is 1. The van der Waals surface area contributed by atoms with Crippen molar-refractivity contribution < 1.29 is 0 Å². The van der Waals surface area contributed by atoms with Gasteiger partial charge in [0, 0.05) is 19.1 Å². The molecule has 0 aliphatic rings. The number of halogens is 1. The van der Waals surface area contributed by atoms with Gasteiger partial charge in [-0.3, -0.25) is 0 Å². The van der Waals surface area contributed by atoms with Crippen molar-refractivity contribution in [2.75, 3.05) is 13.1 Å². The first kappa shape index (κ1) is 15.9. The molecule has 1 nitrogen and oxygen atoms in total. The van der Waals surface area contributed by atoms with Crippen molar-refractivity contribution in [3.8, 4) is 0 Å². The van der Waals surface area contributed by atoms with Crippen LogP contribution in [0, 0.1) is 0 Å². The van der Waals surface area contributed by atoms with Gasteiger partial charge < -0.3 is 5.32 Å². The molecule has 0 heterocycles. The molecule has 0 saturated heterocycles. The van der Waals surface area contributed by atoms with Crippen molar-refractivity contribution in [3.63, 3.8) is 0 Å². The van der Waals surface area contributed by atoms with E-state index in [2.05, 4.69) is 72.1 Å². The van der Waals surface area contributed by atoms with Crippen molar-refractivity contribution in [2.45, 2.75) is 44.9 Å². The standard InChI is InChI=1S/C15H26BrNSi/c1-5-10-17-11-13(12-18(2,3)4)14-8-6-7-9-15(14)16/h6-9,13,17H,5,10-12H2,1-4H3. The van der Waals surface area contributed by atoms with Crippen LogP contribution in [-0.2, 0) is 0 Å². The average molecular weight is 328 g/mol. The summed E-state index contributed by atoms with van der Waals surface area (Å²) in [5, 5.41) is 3.58. The second-order valence-electron chi connectivity index (χ2n) is 6.19. The first-order valence-corrected chi connectivity index (χ1v) is 11.4. The van der Waals surface area contributed by atoms with Crippen LogP contribution in [0.2, 0.25) is 25.7 Å². The number of hydrogen-bond donors (Lipinski definition) is 1. The largest absolute Gasteiger partial charge is 0.316 e. The molecule has 0 aliphatic heterocycles.